The molecule has 2 nitrogen and oxygen atoms in total. The summed E-state index contributed by atoms with van der Waals surface area (Å²) in [6.07, 6.45) is 2.41. The molecule has 2 rings (SSSR count). The van der Waals surface area contributed by atoms with Crippen molar-refractivity contribution in [1.82, 2.24) is 0 Å². The van der Waals surface area contributed by atoms with E-state index in [2.05, 4.69) is 10.2 Å². The van der Waals surface area contributed by atoms with Crippen LogP contribution in [0.4, 0.5) is 17.6 Å². The average molecular weight is 280 g/mol. The van der Waals surface area contributed by atoms with Crippen LogP contribution in [-0.4, -0.2) is 12.4 Å². The third-order valence-corrected chi connectivity index (χ3v) is 2.37. The molecular weight excluding hydrogens is 272 g/mol. The zero-order valence-electron chi connectivity index (χ0n) is 10.0. The van der Waals surface area contributed by atoms with Gasteiger partial charge in [-0.3, -0.25) is 0 Å². The summed E-state index contributed by atoms with van der Waals surface area (Å²) in [4.78, 5) is 0. The second-order valence-corrected chi connectivity index (χ2v) is 3.84. The van der Waals surface area contributed by atoms with Gasteiger partial charge < -0.3 is 0 Å². The molecule has 0 aliphatic heterocycles. The van der Waals surface area contributed by atoms with Crippen molar-refractivity contribution in [3.05, 3.63) is 70.8 Å². The fraction of sp³-hybridized carbons (Fsp3) is 0. The van der Waals surface area contributed by atoms with E-state index in [1.54, 1.807) is 0 Å². The predicted octanol–water partition coefficient (Wildman–Crippen LogP) is 3.70. The zero-order valence-corrected chi connectivity index (χ0v) is 10.0. The van der Waals surface area contributed by atoms with E-state index >= 15 is 0 Å². The van der Waals surface area contributed by atoms with Gasteiger partial charge in [-0.1, -0.05) is 12.1 Å². The van der Waals surface area contributed by atoms with Crippen LogP contribution in [0.3, 0.4) is 0 Å². The highest BCUT2D eigenvalue weighted by Gasteiger charge is 2.01. The molecule has 0 saturated heterocycles. The van der Waals surface area contributed by atoms with E-state index in [1.165, 1.54) is 24.6 Å². The second-order valence-electron chi connectivity index (χ2n) is 3.84. The summed E-state index contributed by atoms with van der Waals surface area (Å²) in [7, 11) is 0. The van der Waals surface area contributed by atoms with E-state index < -0.39 is 23.3 Å². The minimum absolute atomic E-state index is 0.325. The minimum atomic E-state index is -0.987. The monoisotopic (exact) mass is 280 g/mol. The first kappa shape index (κ1) is 13.9. The van der Waals surface area contributed by atoms with E-state index in [1.807, 2.05) is 0 Å². The first-order valence-electron chi connectivity index (χ1n) is 5.53. The number of halogens is 4. The van der Waals surface area contributed by atoms with Crippen LogP contribution < -0.4 is 0 Å². The van der Waals surface area contributed by atoms with Gasteiger partial charge in [0.05, 0.1) is 12.4 Å². The maximum Gasteiger partial charge on any atom is 0.159 e. The van der Waals surface area contributed by atoms with E-state index in [-0.39, 0.29) is 0 Å². The second kappa shape index (κ2) is 6.10. The molecule has 2 aromatic rings. The molecular formula is C14H8F4N2. The Morgan fingerprint density at radius 2 is 1.00 bits per heavy atom. The van der Waals surface area contributed by atoms with Gasteiger partial charge in [-0.15, -0.1) is 0 Å². The topological polar surface area (TPSA) is 24.7 Å². The van der Waals surface area contributed by atoms with Crippen LogP contribution in [0.15, 0.2) is 46.6 Å². The van der Waals surface area contributed by atoms with Crippen molar-refractivity contribution in [2.45, 2.75) is 0 Å². The van der Waals surface area contributed by atoms with Crippen LogP contribution in [0.25, 0.3) is 0 Å². The molecule has 0 N–H and O–H groups in total. The van der Waals surface area contributed by atoms with Gasteiger partial charge in [-0.05, 0) is 35.4 Å². The highest BCUT2D eigenvalue weighted by atomic mass is 19.2. The Labute approximate surface area is 112 Å². The number of rotatable bonds is 3. The molecule has 0 unspecified atom stereocenters. The summed E-state index contributed by atoms with van der Waals surface area (Å²) in [5.74, 6) is -3.88. The maximum absolute atomic E-state index is 12.9. The third kappa shape index (κ3) is 3.50. The lowest BCUT2D eigenvalue weighted by atomic mass is 10.2. The molecule has 0 atom stereocenters. The molecule has 0 amide bonds. The van der Waals surface area contributed by atoms with Crippen LogP contribution in [0.5, 0.6) is 0 Å². The van der Waals surface area contributed by atoms with Crippen molar-refractivity contribution in [3.8, 4) is 0 Å². The van der Waals surface area contributed by atoms with E-state index in [0.717, 1.165) is 24.3 Å². The van der Waals surface area contributed by atoms with E-state index in [4.69, 9.17) is 0 Å². The van der Waals surface area contributed by atoms with Gasteiger partial charge in [0.25, 0.3) is 0 Å². The molecule has 6 heteroatoms. The molecule has 0 bridgehead atoms. The van der Waals surface area contributed by atoms with Gasteiger partial charge in [0.1, 0.15) is 0 Å². The highest BCUT2D eigenvalue weighted by Crippen LogP contribution is 2.08. The summed E-state index contributed by atoms with van der Waals surface area (Å²) in [5.41, 5.74) is 0.651. The lowest BCUT2D eigenvalue weighted by molar-refractivity contribution is 0.508. The summed E-state index contributed by atoms with van der Waals surface area (Å²) in [6.45, 7) is 0. The SMILES string of the molecule is Fc1ccc(/C=N/N=C/c2ccc(F)c(F)c2)cc1F. The lowest BCUT2D eigenvalue weighted by Crippen LogP contribution is -1.88. The summed E-state index contributed by atoms with van der Waals surface area (Å²) >= 11 is 0. The van der Waals surface area contributed by atoms with Crippen molar-refractivity contribution in [2.24, 2.45) is 10.2 Å². The van der Waals surface area contributed by atoms with Gasteiger partial charge in [0, 0.05) is 0 Å². The van der Waals surface area contributed by atoms with Crippen LogP contribution >= 0.6 is 0 Å². The van der Waals surface area contributed by atoms with Crippen molar-refractivity contribution in [2.75, 3.05) is 0 Å². The normalized spacial score (nSPS) is 11.6. The standard InChI is InChI=1S/C14H8F4N2/c15-11-3-1-9(5-13(11)17)7-19-20-8-10-2-4-12(16)14(18)6-10/h1-8H/b19-7+,20-8+. The quantitative estimate of drug-likeness (QED) is 0.465. The Hall–Kier alpha value is -2.50. The molecule has 0 radical (unpaired) electrons. The van der Waals surface area contributed by atoms with Gasteiger partial charge in [0.15, 0.2) is 23.3 Å². The van der Waals surface area contributed by atoms with Crippen molar-refractivity contribution in [3.63, 3.8) is 0 Å². The summed E-state index contributed by atoms with van der Waals surface area (Å²) in [6, 6.07) is 6.52. The number of nitrogens with zero attached hydrogens (tertiary/aromatic N) is 2. The van der Waals surface area contributed by atoms with Crippen LogP contribution in [0.1, 0.15) is 11.1 Å². The minimum Gasteiger partial charge on any atom is -0.204 e. The summed E-state index contributed by atoms with van der Waals surface area (Å²) in [5, 5.41) is 7.20. The first-order valence-corrected chi connectivity index (χ1v) is 5.53. The molecule has 102 valence electrons. The number of benzene rings is 2. The van der Waals surface area contributed by atoms with E-state index in [0.29, 0.717) is 11.1 Å². The molecule has 0 heterocycles. The molecule has 0 aromatic heterocycles. The van der Waals surface area contributed by atoms with Crippen molar-refractivity contribution in [1.29, 1.82) is 0 Å². The lowest BCUT2D eigenvalue weighted by Gasteiger charge is -1.94. The number of hydrogen-bond donors (Lipinski definition) is 0. The highest BCUT2D eigenvalue weighted by molar-refractivity contribution is 5.82. The largest absolute Gasteiger partial charge is 0.204 e. The average Bonchev–Trinajstić information content (AvgIpc) is 2.42. The Morgan fingerprint density at radius 1 is 0.600 bits per heavy atom. The Kier molecular flexibility index (Phi) is 4.24. The van der Waals surface area contributed by atoms with Crippen LogP contribution in [-0.2, 0) is 0 Å². The molecule has 0 fully saturated rings. The molecule has 0 saturated carbocycles. The van der Waals surface area contributed by atoms with Crippen LogP contribution in [0, 0.1) is 23.3 Å². The zero-order chi connectivity index (χ0) is 14.5. The van der Waals surface area contributed by atoms with E-state index in [9.17, 15) is 17.6 Å². The fourth-order valence-corrected chi connectivity index (χ4v) is 1.39. The Morgan fingerprint density at radius 3 is 1.35 bits per heavy atom. The van der Waals surface area contributed by atoms with Crippen molar-refractivity contribution >= 4 is 12.4 Å². The molecule has 0 aliphatic rings. The maximum atomic E-state index is 12.9. The predicted molar refractivity (Wildman–Crippen MR) is 67.9 cm³/mol. The van der Waals surface area contributed by atoms with Gasteiger partial charge in [-0.2, -0.15) is 10.2 Å². The Balaban J connectivity index is 2.06. The molecule has 2 aromatic carbocycles. The molecule has 0 aliphatic carbocycles. The Bertz CT molecular complexity index is 621. The summed E-state index contributed by atoms with van der Waals surface area (Å²) < 4.78 is 51.1. The third-order valence-electron chi connectivity index (χ3n) is 2.37. The number of hydrogen-bond acceptors (Lipinski definition) is 2. The first-order chi connectivity index (χ1) is 9.56. The van der Waals surface area contributed by atoms with Gasteiger partial charge in [0.2, 0.25) is 0 Å². The van der Waals surface area contributed by atoms with Crippen LogP contribution in [0.2, 0.25) is 0 Å². The van der Waals surface area contributed by atoms with Gasteiger partial charge >= 0.3 is 0 Å². The van der Waals surface area contributed by atoms with Crippen molar-refractivity contribution < 1.29 is 17.6 Å². The smallest absolute Gasteiger partial charge is 0.159 e. The fourth-order valence-electron chi connectivity index (χ4n) is 1.39. The molecule has 20 heavy (non-hydrogen) atoms. The van der Waals surface area contributed by atoms with Gasteiger partial charge in [-0.25, -0.2) is 17.6 Å². The molecule has 0 spiro atoms.